The van der Waals surface area contributed by atoms with Crippen molar-refractivity contribution in [1.82, 2.24) is 24.7 Å². The predicted molar refractivity (Wildman–Crippen MR) is 92.8 cm³/mol. The number of aromatic amines is 1. The van der Waals surface area contributed by atoms with Crippen molar-refractivity contribution in [2.24, 2.45) is 0 Å². The number of anilines is 1. The Morgan fingerprint density at radius 3 is 3.08 bits per heavy atom. The number of piperidine rings is 1. The van der Waals surface area contributed by atoms with Crippen LogP contribution in [0.2, 0.25) is 0 Å². The van der Waals surface area contributed by atoms with Gasteiger partial charge in [0.1, 0.15) is 11.3 Å². The smallest absolute Gasteiger partial charge is 0.290 e. The van der Waals surface area contributed by atoms with Gasteiger partial charge in [0, 0.05) is 43.9 Å². The standard InChI is InChI=1S/C17H18N6O2/c24-16(13-4-1-5-14-18-8-10-23(13)14)21-12-3-2-9-22(11-12)15-17(25)20-7-6-19-15/h1,4-8,10,12H,2-3,9,11H2,(H,20,25)(H,21,24)/t12-/m1/s1. The fourth-order valence-electron chi connectivity index (χ4n) is 3.25. The van der Waals surface area contributed by atoms with E-state index >= 15 is 0 Å². The molecule has 1 atom stereocenters. The van der Waals surface area contributed by atoms with Crippen molar-refractivity contribution in [3.8, 4) is 0 Å². The minimum atomic E-state index is -0.211. The Balaban J connectivity index is 1.51. The molecule has 1 fully saturated rings. The lowest BCUT2D eigenvalue weighted by molar-refractivity contribution is 0.0926. The van der Waals surface area contributed by atoms with E-state index in [1.165, 1.54) is 6.20 Å². The van der Waals surface area contributed by atoms with Crippen molar-refractivity contribution in [2.75, 3.05) is 18.0 Å². The Morgan fingerprint density at radius 2 is 2.20 bits per heavy atom. The maximum Gasteiger partial charge on any atom is 0.290 e. The molecule has 0 aromatic carbocycles. The summed E-state index contributed by atoms with van der Waals surface area (Å²) in [6.07, 6.45) is 8.27. The summed E-state index contributed by atoms with van der Waals surface area (Å²) in [5, 5.41) is 3.07. The lowest BCUT2D eigenvalue weighted by atomic mass is 10.1. The molecule has 0 aliphatic carbocycles. The first-order valence-electron chi connectivity index (χ1n) is 8.24. The first-order valence-corrected chi connectivity index (χ1v) is 8.24. The fraction of sp³-hybridized carbons (Fsp3) is 0.294. The van der Waals surface area contributed by atoms with E-state index in [4.69, 9.17) is 0 Å². The van der Waals surface area contributed by atoms with Crippen molar-refractivity contribution in [2.45, 2.75) is 18.9 Å². The number of nitrogens with zero attached hydrogens (tertiary/aromatic N) is 4. The molecule has 0 unspecified atom stereocenters. The molecule has 25 heavy (non-hydrogen) atoms. The Labute approximate surface area is 143 Å². The molecule has 0 spiro atoms. The van der Waals surface area contributed by atoms with Gasteiger partial charge in [-0.1, -0.05) is 6.07 Å². The van der Waals surface area contributed by atoms with Crippen LogP contribution in [0.1, 0.15) is 23.3 Å². The van der Waals surface area contributed by atoms with Crippen LogP contribution < -0.4 is 15.8 Å². The number of carbonyl (C=O) groups excluding carboxylic acids is 1. The predicted octanol–water partition coefficient (Wildman–Crippen LogP) is 0.816. The molecule has 128 valence electrons. The van der Waals surface area contributed by atoms with Crippen molar-refractivity contribution in [1.29, 1.82) is 0 Å². The highest BCUT2D eigenvalue weighted by Crippen LogP contribution is 2.15. The lowest BCUT2D eigenvalue weighted by Gasteiger charge is -2.33. The molecule has 8 nitrogen and oxygen atoms in total. The van der Waals surface area contributed by atoms with Crippen LogP contribution in [0.15, 0.2) is 47.8 Å². The van der Waals surface area contributed by atoms with E-state index in [9.17, 15) is 9.59 Å². The number of pyridine rings is 1. The van der Waals surface area contributed by atoms with Gasteiger partial charge in [0.25, 0.3) is 11.5 Å². The average molecular weight is 338 g/mol. The number of hydrogen-bond donors (Lipinski definition) is 2. The summed E-state index contributed by atoms with van der Waals surface area (Å²) >= 11 is 0. The molecule has 0 saturated carbocycles. The third kappa shape index (κ3) is 2.98. The average Bonchev–Trinajstić information content (AvgIpc) is 3.11. The van der Waals surface area contributed by atoms with Crippen molar-refractivity contribution in [3.63, 3.8) is 0 Å². The van der Waals surface area contributed by atoms with Gasteiger partial charge in [-0.25, -0.2) is 9.97 Å². The van der Waals surface area contributed by atoms with E-state index in [0.717, 1.165) is 25.0 Å². The van der Waals surface area contributed by atoms with Crippen molar-refractivity contribution < 1.29 is 4.79 Å². The van der Waals surface area contributed by atoms with Gasteiger partial charge in [-0.2, -0.15) is 0 Å². The molecule has 1 aliphatic heterocycles. The highest BCUT2D eigenvalue weighted by molar-refractivity contribution is 5.93. The molecule has 4 rings (SSSR count). The van der Waals surface area contributed by atoms with Crippen molar-refractivity contribution in [3.05, 3.63) is 59.0 Å². The van der Waals surface area contributed by atoms with Gasteiger partial charge >= 0.3 is 0 Å². The molecular weight excluding hydrogens is 320 g/mol. The van der Waals surface area contributed by atoms with Gasteiger partial charge in [-0.3, -0.25) is 14.0 Å². The first-order chi connectivity index (χ1) is 12.2. The Morgan fingerprint density at radius 1 is 1.28 bits per heavy atom. The van der Waals surface area contributed by atoms with Crippen molar-refractivity contribution >= 4 is 17.4 Å². The minimum Gasteiger partial charge on any atom is -0.350 e. The van der Waals surface area contributed by atoms with E-state index in [1.807, 2.05) is 17.0 Å². The molecule has 0 radical (unpaired) electrons. The van der Waals surface area contributed by atoms with Crippen LogP contribution in [0, 0.1) is 0 Å². The van der Waals surface area contributed by atoms with Gasteiger partial charge in [0.15, 0.2) is 5.82 Å². The summed E-state index contributed by atoms with van der Waals surface area (Å²) in [6, 6.07) is 5.40. The fourth-order valence-corrected chi connectivity index (χ4v) is 3.25. The van der Waals surface area contributed by atoms with E-state index in [0.29, 0.717) is 18.1 Å². The molecule has 8 heteroatoms. The summed E-state index contributed by atoms with van der Waals surface area (Å²) in [4.78, 5) is 37.5. The van der Waals surface area contributed by atoms with Crippen LogP contribution in [0.3, 0.4) is 0 Å². The first kappa shape index (κ1) is 15.4. The number of H-pyrrole nitrogens is 1. The SMILES string of the molecule is O=C(N[C@@H]1CCCN(c2ncc[nH]c2=O)C1)c1cccc2nccn12. The van der Waals surface area contributed by atoms with Crippen LogP contribution in [0.5, 0.6) is 0 Å². The molecule has 3 aromatic heterocycles. The number of amides is 1. The summed E-state index contributed by atoms with van der Waals surface area (Å²) in [7, 11) is 0. The Hall–Kier alpha value is -3.16. The van der Waals surface area contributed by atoms with Gasteiger partial charge in [0.05, 0.1) is 0 Å². The second kappa shape index (κ2) is 6.39. The number of hydrogen-bond acceptors (Lipinski definition) is 5. The normalized spacial score (nSPS) is 17.6. The highest BCUT2D eigenvalue weighted by atomic mass is 16.2. The second-order valence-electron chi connectivity index (χ2n) is 6.07. The van der Waals surface area contributed by atoms with E-state index in [1.54, 1.807) is 29.1 Å². The number of fused-ring (bicyclic) bond motifs is 1. The van der Waals surface area contributed by atoms with E-state index in [2.05, 4.69) is 20.3 Å². The number of aromatic nitrogens is 4. The highest BCUT2D eigenvalue weighted by Gasteiger charge is 2.24. The second-order valence-corrected chi connectivity index (χ2v) is 6.07. The molecular formula is C17H18N6O2. The monoisotopic (exact) mass is 338 g/mol. The molecule has 0 bridgehead atoms. The van der Waals surface area contributed by atoms with E-state index in [-0.39, 0.29) is 17.5 Å². The molecule has 4 heterocycles. The summed E-state index contributed by atoms with van der Waals surface area (Å²) < 4.78 is 1.76. The van der Waals surface area contributed by atoms with Gasteiger partial charge < -0.3 is 15.2 Å². The molecule has 2 N–H and O–H groups in total. The van der Waals surface area contributed by atoms with Crippen LogP contribution in [-0.2, 0) is 0 Å². The van der Waals surface area contributed by atoms with Crippen LogP contribution >= 0.6 is 0 Å². The summed E-state index contributed by atoms with van der Waals surface area (Å²) in [5.41, 5.74) is 1.07. The van der Waals surface area contributed by atoms with Crippen LogP contribution in [0.25, 0.3) is 5.65 Å². The zero-order chi connectivity index (χ0) is 17.2. The third-order valence-electron chi connectivity index (χ3n) is 4.41. The maximum absolute atomic E-state index is 12.7. The molecule has 1 saturated heterocycles. The lowest BCUT2D eigenvalue weighted by Crippen LogP contribution is -2.49. The van der Waals surface area contributed by atoms with E-state index < -0.39 is 0 Å². The summed E-state index contributed by atoms with van der Waals surface area (Å²) in [5.74, 6) is 0.253. The molecule has 1 amide bonds. The van der Waals surface area contributed by atoms with Crippen LogP contribution in [0.4, 0.5) is 5.82 Å². The zero-order valence-electron chi connectivity index (χ0n) is 13.6. The minimum absolute atomic E-state index is 0.0403. The molecule has 3 aromatic rings. The topological polar surface area (TPSA) is 95.4 Å². The Bertz CT molecular complexity index is 963. The maximum atomic E-state index is 12.7. The summed E-state index contributed by atoms with van der Waals surface area (Å²) in [6.45, 7) is 1.31. The number of rotatable bonds is 3. The van der Waals surface area contributed by atoms with Gasteiger partial charge in [-0.05, 0) is 25.0 Å². The zero-order valence-corrected chi connectivity index (χ0v) is 13.6. The number of nitrogens with one attached hydrogen (secondary N) is 2. The largest absolute Gasteiger partial charge is 0.350 e. The Kier molecular flexibility index (Phi) is 3.93. The van der Waals surface area contributed by atoms with Gasteiger partial charge in [0.2, 0.25) is 0 Å². The quantitative estimate of drug-likeness (QED) is 0.737. The number of carbonyl (C=O) groups is 1. The number of imidazole rings is 1. The van der Waals surface area contributed by atoms with Crippen LogP contribution in [-0.4, -0.2) is 44.4 Å². The molecule has 1 aliphatic rings. The third-order valence-corrected chi connectivity index (χ3v) is 4.41. The van der Waals surface area contributed by atoms with Gasteiger partial charge in [-0.15, -0.1) is 0 Å².